The number of morpholine rings is 1. The average Bonchev–Trinajstić information content (AvgIpc) is 3.44. The second-order valence-electron chi connectivity index (χ2n) is 7.42. The quantitative estimate of drug-likeness (QED) is 0.554. The lowest BCUT2D eigenvalue weighted by molar-refractivity contribution is 0.0376. The third kappa shape index (κ3) is 4.34. The van der Waals surface area contributed by atoms with Crippen molar-refractivity contribution in [3.63, 3.8) is 0 Å². The molecule has 5 rings (SSSR count). The first-order valence-corrected chi connectivity index (χ1v) is 11.5. The number of fused-ring (bicyclic) bond motifs is 2. The van der Waals surface area contributed by atoms with Gasteiger partial charge in [-0.2, -0.15) is 0 Å². The number of benzene rings is 2. The lowest BCUT2D eigenvalue weighted by Crippen LogP contribution is -2.39. The third-order valence-corrected chi connectivity index (χ3v) is 6.76. The lowest BCUT2D eigenvalue weighted by Gasteiger charge is -2.27. The van der Waals surface area contributed by atoms with Gasteiger partial charge in [0.1, 0.15) is 5.52 Å². The van der Waals surface area contributed by atoms with Crippen LogP contribution < -0.4 is 14.4 Å². The number of halogens is 1. The monoisotopic (exact) mass is 459 g/mol. The van der Waals surface area contributed by atoms with Gasteiger partial charge < -0.3 is 14.2 Å². The van der Waals surface area contributed by atoms with Gasteiger partial charge in [-0.05, 0) is 36.8 Å². The van der Waals surface area contributed by atoms with Crippen LogP contribution in [0.15, 0.2) is 36.4 Å². The van der Waals surface area contributed by atoms with Gasteiger partial charge in [-0.3, -0.25) is 14.6 Å². The van der Waals surface area contributed by atoms with Gasteiger partial charge in [0, 0.05) is 31.7 Å². The molecule has 0 radical (unpaired) electrons. The molecule has 3 heterocycles. The number of amides is 1. The van der Waals surface area contributed by atoms with Crippen LogP contribution >= 0.6 is 22.9 Å². The smallest absolute Gasteiger partial charge is 0.260 e. The topological polar surface area (TPSA) is 64.1 Å². The Hall–Kier alpha value is -2.39. The van der Waals surface area contributed by atoms with Crippen molar-refractivity contribution in [1.29, 1.82) is 0 Å². The Balaban J connectivity index is 1.41. The zero-order chi connectivity index (χ0) is 21.2. The number of nitrogens with zero attached hydrogens (tertiary/aromatic N) is 3. The molecule has 0 atom stereocenters. The summed E-state index contributed by atoms with van der Waals surface area (Å²) >= 11 is 7.81. The summed E-state index contributed by atoms with van der Waals surface area (Å²) in [6.45, 7) is 5.00. The van der Waals surface area contributed by atoms with E-state index in [-0.39, 0.29) is 12.7 Å². The molecule has 7 nitrogen and oxygen atoms in total. The SMILES string of the molecule is O=C(c1ccc2c(c1)OCO2)N(CCCN1CCOCC1)c1nc2c(Cl)cccc2s1. The van der Waals surface area contributed by atoms with Gasteiger partial charge in [0.05, 0.1) is 22.9 Å². The number of rotatable bonds is 6. The van der Waals surface area contributed by atoms with Crippen LogP contribution in [0, 0.1) is 0 Å². The van der Waals surface area contributed by atoms with Crippen LogP contribution in [0.3, 0.4) is 0 Å². The predicted octanol–water partition coefficient (Wildman–Crippen LogP) is 4.05. The molecule has 3 aromatic rings. The molecule has 2 aromatic carbocycles. The number of ether oxygens (including phenoxy) is 3. The van der Waals surface area contributed by atoms with Crippen LogP contribution in [0.4, 0.5) is 5.13 Å². The van der Waals surface area contributed by atoms with E-state index in [1.54, 1.807) is 23.1 Å². The first-order chi connectivity index (χ1) is 15.2. The van der Waals surface area contributed by atoms with E-state index in [1.165, 1.54) is 11.3 Å². The summed E-state index contributed by atoms with van der Waals surface area (Å²) in [7, 11) is 0. The largest absolute Gasteiger partial charge is 0.454 e. The van der Waals surface area contributed by atoms with Crippen molar-refractivity contribution >= 4 is 44.2 Å². The van der Waals surface area contributed by atoms with E-state index >= 15 is 0 Å². The summed E-state index contributed by atoms with van der Waals surface area (Å²) in [5.41, 5.74) is 1.27. The number of para-hydroxylation sites is 1. The normalized spacial score (nSPS) is 16.0. The van der Waals surface area contributed by atoms with Crippen molar-refractivity contribution in [2.24, 2.45) is 0 Å². The minimum absolute atomic E-state index is 0.115. The molecule has 1 saturated heterocycles. The third-order valence-electron chi connectivity index (χ3n) is 5.41. The summed E-state index contributed by atoms with van der Waals surface area (Å²) in [6, 6.07) is 11.0. The molecule has 1 fully saturated rings. The fraction of sp³-hybridized carbons (Fsp3) is 0.364. The zero-order valence-corrected chi connectivity index (χ0v) is 18.5. The Bertz CT molecular complexity index is 1100. The van der Waals surface area contributed by atoms with Gasteiger partial charge in [0.15, 0.2) is 16.6 Å². The van der Waals surface area contributed by atoms with E-state index in [0.717, 1.165) is 49.5 Å². The second kappa shape index (κ2) is 9.00. The van der Waals surface area contributed by atoms with Crippen molar-refractivity contribution in [2.45, 2.75) is 6.42 Å². The summed E-state index contributed by atoms with van der Waals surface area (Å²) in [4.78, 5) is 22.3. The molecule has 0 spiro atoms. The second-order valence-corrected chi connectivity index (χ2v) is 8.83. The molecule has 162 valence electrons. The molecule has 0 unspecified atom stereocenters. The van der Waals surface area contributed by atoms with Gasteiger partial charge in [-0.1, -0.05) is 29.0 Å². The fourth-order valence-corrected chi connectivity index (χ4v) is 5.06. The highest BCUT2D eigenvalue weighted by atomic mass is 35.5. The number of hydrogen-bond acceptors (Lipinski definition) is 7. The number of thiazole rings is 1. The lowest BCUT2D eigenvalue weighted by atomic mass is 10.1. The Labute approximate surface area is 189 Å². The first kappa shape index (κ1) is 20.5. The molecular formula is C22H22ClN3O4S. The molecule has 0 bridgehead atoms. The highest BCUT2D eigenvalue weighted by Crippen LogP contribution is 2.36. The molecule has 31 heavy (non-hydrogen) atoms. The Morgan fingerprint density at radius 1 is 1.16 bits per heavy atom. The Kier molecular flexibility index (Phi) is 5.95. The number of hydrogen-bond donors (Lipinski definition) is 0. The van der Waals surface area contributed by atoms with Gasteiger partial charge >= 0.3 is 0 Å². The molecule has 1 amide bonds. The van der Waals surface area contributed by atoms with E-state index in [9.17, 15) is 4.79 Å². The summed E-state index contributed by atoms with van der Waals surface area (Å²) < 4.78 is 17.2. The van der Waals surface area contributed by atoms with Gasteiger partial charge in [0.25, 0.3) is 5.91 Å². The van der Waals surface area contributed by atoms with Crippen LogP contribution in [-0.2, 0) is 4.74 Å². The van der Waals surface area contributed by atoms with Crippen molar-refractivity contribution in [3.05, 3.63) is 47.0 Å². The van der Waals surface area contributed by atoms with Gasteiger partial charge in [-0.15, -0.1) is 0 Å². The molecule has 0 saturated carbocycles. The summed E-state index contributed by atoms with van der Waals surface area (Å²) in [5, 5.41) is 1.23. The molecule has 2 aliphatic rings. The minimum Gasteiger partial charge on any atom is -0.454 e. The zero-order valence-electron chi connectivity index (χ0n) is 16.9. The Morgan fingerprint density at radius 3 is 2.84 bits per heavy atom. The Morgan fingerprint density at radius 2 is 2.00 bits per heavy atom. The van der Waals surface area contributed by atoms with Crippen molar-refractivity contribution in [3.8, 4) is 11.5 Å². The molecule has 2 aliphatic heterocycles. The van der Waals surface area contributed by atoms with Crippen molar-refractivity contribution in [2.75, 3.05) is 51.1 Å². The van der Waals surface area contributed by atoms with Crippen LogP contribution in [0.1, 0.15) is 16.8 Å². The highest BCUT2D eigenvalue weighted by Gasteiger charge is 2.24. The number of carbonyl (C=O) groups excluding carboxylic acids is 1. The van der Waals surface area contributed by atoms with Crippen molar-refractivity contribution in [1.82, 2.24) is 9.88 Å². The van der Waals surface area contributed by atoms with Crippen molar-refractivity contribution < 1.29 is 19.0 Å². The predicted molar refractivity (Wildman–Crippen MR) is 121 cm³/mol. The van der Waals surface area contributed by atoms with E-state index in [2.05, 4.69) is 4.90 Å². The van der Waals surface area contributed by atoms with E-state index in [4.69, 9.17) is 30.8 Å². The van der Waals surface area contributed by atoms with E-state index in [0.29, 0.717) is 33.8 Å². The minimum atomic E-state index is -0.115. The summed E-state index contributed by atoms with van der Waals surface area (Å²) in [5.74, 6) is 1.13. The molecule has 9 heteroatoms. The maximum atomic E-state index is 13.5. The van der Waals surface area contributed by atoms with Crippen LogP contribution in [0.25, 0.3) is 10.2 Å². The summed E-state index contributed by atoms with van der Waals surface area (Å²) in [6.07, 6.45) is 0.833. The molecule has 1 aromatic heterocycles. The van der Waals surface area contributed by atoms with Gasteiger partial charge in [0.2, 0.25) is 6.79 Å². The van der Waals surface area contributed by atoms with Crippen LogP contribution in [-0.4, -0.2) is 62.0 Å². The van der Waals surface area contributed by atoms with E-state index < -0.39 is 0 Å². The fourth-order valence-electron chi connectivity index (χ4n) is 3.77. The van der Waals surface area contributed by atoms with Gasteiger partial charge in [-0.25, -0.2) is 4.98 Å². The highest BCUT2D eigenvalue weighted by molar-refractivity contribution is 7.22. The first-order valence-electron chi connectivity index (χ1n) is 10.3. The molecule has 0 aliphatic carbocycles. The van der Waals surface area contributed by atoms with Crippen LogP contribution in [0.2, 0.25) is 5.02 Å². The average molecular weight is 460 g/mol. The standard InChI is InChI=1S/C22H22ClN3O4S/c23-16-3-1-4-19-20(16)24-22(31-19)26(8-2-7-25-9-11-28-12-10-25)21(27)15-5-6-17-18(13-15)30-14-29-17/h1,3-6,13H,2,7-12,14H2. The molecule has 0 N–H and O–H groups in total. The number of aromatic nitrogens is 1. The maximum Gasteiger partial charge on any atom is 0.260 e. The maximum absolute atomic E-state index is 13.5. The van der Waals surface area contributed by atoms with Crippen LogP contribution in [0.5, 0.6) is 11.5 Å². The number of carbonyl (C=O) groups is 1. The number of anilines is 1. The van der Waals surface area contributed by atoms with E-state index in [1.807, 2.05) is 18.2 Å². The molecular weight excluding hydrogens is 438 g/mol.